The molecular formula is C19H11ClFNO2. The summed E-state index contributed by atoms with van der Waals surface area (Å²) in [6, 6.07) is 15.4. The minimum absolute atomic E-state index is 0.0351. The van der Waals surface area contributed by atoms with Crippen molar-refractivity contribution in [2.45, 2.75) is 0 Å². The second kappa shape index (κ2) is 5.65. The van der Waals surface area contributed by atoms with E-state index in [-0.39, 0.29) is 10.9 Å². The van der Waals surface area contributed by atoms with E-state index < -0.39 is 5.82 Å². The number of halogens is 2. The van der Waals surface area contributed by atoms with E-state index in [0.29, 0.717) is 22.7 Å². The van der Waals surface area contributed by atoms with Gasteiger partial charge in [-0.05, 0) is 42.5 Å². The molecule has 0 aliphatic carbocycles. The molecule has 0 bridgehead atoms. The minimum Gasteiger partial charge on any atom is -0.457 e. The molecule has 5 heteroatoms. The minimum atomic E-state index is -0.478. The molecule has 1 N–H and O–H groups in total. The molecule has 0 fully saturated rings. The highest BCUT2D eigenvalue weighted by Crippen LogP contribution is 2.34. The molecule has 1 aromatic heterocycles. The van der Waals surface area contributed by atoms with E-state index in [9.17, 15) is 9.18 Å². The number of hydrogen-bond acceptors (Lipinski definition) is 2. The van der Waals surface area contributed by atoms with Crippen LogP contribution in [0.5, 0.6) is 0 Å². The van der Waals surface area contributed by atoms with Crippen molar-refractivity contribution in [2.24, 2.45) is 0 Å². The van der Waals surface area contributed by atoms with Crippen LogP contribution in [0.3, 0.4) is 0 Å². The van der Waals surface area contributed by atoms with E-state index >= 15 is 0 Å². The molecule has 3 nitrogen and oxygen atoms in total. The van der Waals surface area contributed by atoms with Crippen molar-refractivity contribution in [3.8, 4) is 11.3 Å². The molecular weight excluding hydrogens is 329 g/mol. The van der Waals surface area contributed by atoms with Crippen molar-refractivity contribution in [3.63, 3.8) is 0 Å². The molecule has 1 aliphatic heterocycles. The fraction of sp³-hybridized carbons (Fsp3) is 0. The van der Waals surface area contributed by atoms with Gasteiger partial charge >= 0.3 is 0 Å². The first-order valence-corrected chi connectivity index (χ1v) is 7.67. The monoisotopic (exact) mass is 339 g/mol. The Bertz CT molecular complexity index is 991. The second-order valence-electron chi connectivity index (χ2n) is 5.39. The van der Waals surface area contributed by atoms with Gasteiger partial charge in [0, 0.05) is 16.8 Å². The Kier molecular flexibility index (Phi) is 3.47. The smallest absolute Gasteiger partial charge is 0.256 e. The Morgan fingerprint density at radius 2 is 1.92 bits per heavy atom. The summed E-state index contributed by atoms with van der Waals surface area (Å²) in [6.07, 6.45) is 1.69. The molecule has 0 radical (unpaired) electrons. The summed E-state index contributed by atoms with van der Waals surface area (Å²) in [5.41, 5.74) is 2.84. The Hall–Kier alpha value is -2.85. The first kappa shape index (κ1) is 14.7. The third-order valence-corrected chi connectivity index (χ3v) is 4.12. The molecule has 0 saturated carbocycles. The number of para-hydroxylation sites is 1. The topological polar surface area (TPSA) is 42.2 Å². The summed E-state index contributed by atoms with van der Waals surface area (Å²) < 4.78 is 19.0. The zero-order chi connectivity index (χ0) is 16.7. The predicted molar refractivity (Wildman–Crippen MR) is 92.1 cm³/mol. The maximum Gasteiger partial charge on any atom is 0.256 e. The van der Waals surface area contributed by atoms with Gasteiger partial charge in [0.15, 0.2) is 0 Å². The number of amides is 1. The van der Waals surface area contributed by atoms with Crippen LogP contribution in [0.4, 0.5) is 10.1 Å². The number of benzene rings is 2. The first-order chi connectivity index (χ1) is 11.6. The predicted octanol–water partition coefficient (Wildman–Crippen LogP) is 5.23. The van der Waals surface area contributed by atoms with Crippen LogP contribution >= 0.6 is 11.6 Å². The van der Waals surface area contributed by atoms with Crippen LogP contribution in [0.1, 0.15) is 11.3 Å². The molecule has 0 atom stereocenters. The standard InChI is InChI=1S/C19H11ClFNO2/c20-15-9-11(5-7-16(15)21)18-8-6-12(24-18)10-14-13-3-1-2-4-17(13)22-19(14)23/h1-10H,(H,22,23)/b14-10-. The molecule has 0 unspecified atom stereocenters. The molecule has 0 saturated heterocycles. The average molecular weight is 340 g/mol. The quantitative estimate of drug-likeness (QED) is 0.649. The number of carbonyl (C=O) groups excluding carboxylic acids is 1. The van der Waals surface area contributed by atoms with Gasteiger partial charge in [0.1, 0.15) is 17.3 Å². The summed E-state index contributed by atoms with van der Waals surface area (Å²) >= 11 is 5.80. The lowest BCUT2D eigenvalue weighted by Crippen LogP contribution is -2.03. The fourth-order valence-corrected chi connectivity index (χ4v) is 2.84. The molecule has 3 aromatic rings. The van der Waals surface area contributed by atoms with Crippen molar-refractivity contribution in [1.82, 2.24) is 0 Å². The van der Waals surface area contributed by atoms with Gasteiger partial charge in [-0.3, -0.25) is 4.79 Å². The summed E-state index contributed by atoms with van der Waals surface area (Å²) in [7, 11) is 0. The van der Waals surface area contributed by atoms with Crippen LogP contribution in [-0.2, 0) is 4.79 Å². The van der Waals surface area contributed by atoms with E-state index in [2.05, 4.69) is 5.32 Å². The fourth-order valence-electron chi connectivity index (χ4n) is 2.66. The van der Waals surface area contributed by atoms with Crippen molar-refractivity contribution in [3.05, 3.63) is 76.8 Å². The van der Waals surface area contributed by atoms with Gasteiger partial charge in [0.05, 0.1) is 10.6 Å². The summed E-state index contributed by atoms with van der Waals surface area (Å²) in [5.74, 6) is 0.440. The molecule has 0 spiro atoms. The highest BCUT2D eigenvalue weighted by molar-refractivity contribution is 6.34. The van der Waals surface area contributed by atoms with E-state index in [0.717, 1.165) is 11.3 Å². The molecule has 2 aromatic carbocycles. The number of hydrogen-bond donors (Lipinski definition) is 1. The molecule has 118 valence electrons. The van der Waals surface area contributed by atoms with Crippen LogP contribution in [0, 0.1) is 5.82 Å². The lowest BCUT2D eigenvalue weighted by molar-refractivity contribution is -0.110. The van der Waals surface area contributed by atoms with Gasteiger partial charge in [-0.15, -0.1) is 0 Å². The van der Waals surface area contributed by atoms with Gasteiger partial charge in [-0.2, -0.15) is 0 Å². The summed E-state index contributed by atoms with van der Waals surface area (Å²) in [4.78, 5) is 12.1. The van der Waals surface area contributed by atoms with Crippen LogP contribution in [0.15, 0.2) is 59.0 Å². The van der Waals surface area contributed by atoms with Gasteiger partial charge in [0.2, 0.25) is 0 Å². The Morgan fingerprint density at radius 3 is 2.75 bits per heavy atom. The number of nitrogens with one attached hydrogen (secondary N) is 1. The van der Waals surface area contributed by atoms with Gasteiger partial charge in [-0.1, -0.05) is 29.8 Å². The lowest BCUT2D eigenvalue weighted by Gasteiger charge is -1.99. The van der Waals surface area contributed by atoms with E-state index in [1.807, 2.05) is 24.3 Å². The Labute approximate surface area is 142 Å². The number of furan rings is 1. The van der Waals surface area contributed by atoms with E-state index in [1.54, 1.807) is 24.3 Å². The van der Waals surface area contributed by atoms with Crippen LogP contribution in [0.2, 0.25) is 5.02 Å². The van der Waals surface area contributed by atoms with Gasteiger partial charge in [-0.25, -0.2) is 4.39 Å². The molecule has 2 heterocycles. The van der Waals surface area contributed by atoms with Crippen LogP contribution < -0.4 is 5.32 Å². The highest BCUT2D eigenvalue weighted by atomic mass is 35.5. The molecule has 24 heavy (non-hydrogen) atoms. The number of rotatable bonds is 2. The third-order valence-electron chi connectivity index (χ3n) is 3.83. The average Bonchev–Trinajstić information content (AvgIpc) is 3.16. The van der Waals surface area contributed by atoms with Gasteiger partial charge < -0.3 is 9.73 Å². The summed E-state index contributed by atoms with van der Waals surface area (Å²) in [6.45, 7) is 0. The second-order valence-corrected chi connectivity index (χ2v) is 5.80. The molecule has 1 aliphatic rings. The number of carbonyl (C=O) groups is 1. The highest BCUT2D eigenvalue weighted by Gasteiger charge is 2.23. The Balaban J connectivity index is 1.71. The van der Waals surface area contributed by atoms with Crippen molar-refractivity contribution < 1.29 is 13.6 Å². The van der Waals surface area contributed by atoms with E-state index in [1.165, 1.54) is 12.1 Å². The Morgan fingerprint density at radius 1 is 1.08 bits per heavy atom. The lowest BCUT2D eigenvalue weighted by atomic mass is 10.1. The molecule has 4 rings (SSSR count). The maximum absolute atomic E-state index is 13.3. The number of fused-ring (bicyclic) bond motifs is 1. The zero-order valence-corrected chi connectivity index (χ0v) is 13.1. The van der Waals surface area contributed by atoms with E-state index in [4.69, 9.17) is 16.0 Å². The number of anilines is 1. The zero-order valence-electron chi connectivity index (χ0n) is 12.3. The normalized spacial score (nSPS) is 14.8. The SMILES string of the molecule is O=C1Nc2ccccc2/C1=C/c1ccc(-c2ccc(F)c(Cl)c2)o1. The van der Waals surface area contributed by atoms with Crippen LogP contribution in [0.25, 0.3) is 23.0 Å². The van der Waals surface area contributed by atoms with Crippen molar-refractivity contribution >= 4 is 34.8 Å². The molecule has 1 amide bonds. The van der Waals surface area contributed by atoms with Crippen LogP contribution in [-0.4, -0.2) is 5.91 Å². The van der Waals surface area contributed by atoms with Crippen molar-refractivity contribution in [2.75, 3.05) is 5.32 Å². The van der Waals surface area contributed by atoms with Crippen molar-refractivity contribution in [1.29, 1.82) is 0 Å². The first-order valence-electron chi connectivity index (χ1n) is 7.29. The largest absolute Gasteiger partial charge is 0.457 e. The van der Waals surface area contributed by atoms with Gasteiger partial charge in [0.25, 0.3) is 5.91 Å². The maximum atomic E-state index is 13.3. The summed E-state index contributed by atoms with van der Waals surface area (Å²) in [5, 5.41) is 2.85. The third kappa shape index (κ3) is 2.51.